The molecule has 1 aromatic heterocycles. The topological polar surface area (TPSA) is 121 Å². The Balaban J connectivity index is 0.926. The van der Waals surface area contributed by atoms with E-state index in [2.05, 4.69) is 55.3 Å². The maximum Gasteiger partial charge on any atom is 0.335 e. The lowest BCUT2D eigenvalue weighted by atomic mass is 9.90. The second kappa shape index (κ2) is 22.7. The first-order chi connectivity index (χ1) is 29.9. The number of unbranched alkanes of at least 4 members (excludes halogenated alkanes) is 4. The van der Waals surface area contributed by atoms with Gasteiger partial charge in [0.05, 0.1) is 35.6 Å². The van der Waals surface area contributed by atoms with Gasteiger partial charge in [0, 0.05) is 50.8 Å². The van der Waals surface area contributed by atoms with Gasteiger partial charge in [-0.3, -0.25) is 9.80 Å². The highest BCUT2D eigenvalue weighted by molar-refractivity contribution is 7.22. The minimum Gasteiger partial charge on any atom is -0.493 e. The number of carbonyl (C=O) groups excluding carboxylic acids is 2. The molecule has 1 N–H and O–H groups in total. The molecule has 0 bridgehead atoms. The van der Waals surface area contributed by atoms with Crippen LogP contribution in [-0.4, -0.2) is 62.1 Å². The summed E-state index contributed by atoms with van der Waals surface area (Å²) in [6.45, 7) is 9.60. The summed E-state index contributed by atoms with van der Waals surface area (Å²) >= 11 is 1.58. The van der Waals surface area contributed by atoms with Crippen molar-refractivity contribution in [3.8, 4) is 17.2 Å². The molecule has 5 aromatic rings. The number of thiazole rings is 1. The van der Waals surface area contributed by atoms with Crippen molar-refractivity contribution in [3.63, 3.8) is 0 Å². The van der Waals surface area contributed by atoms with E-state index in [0.717, 1.165) is 101 Å². The van der Waals surface area contributed by atoms with Crippen molar-refractivity contribution in [1.82, 2.24) is 10.4 Å². The van der Waals surface area contributed by atoms with Gasteiger partial charge in [0.15, 0.2) is 0 Å². The Bertz CT molecular complexity index is 2180. The second-order valence-corrected chi connectivity index (χ2v) is 16.9. The Morgan fingerprint density at radius 2 is 1.74 bits per heavy atom. The highest BCUT2D eigenvalue weighted by Gasteiger charge is 2.43. The van der Waals surface area contributed by atoms with Gasteiger partial charge >= 0.3 is 11.9 Å². The molecule has 1 saturated carbocycles. The smallest absolute Gasteiger partial charge is 0.335 e. The van der Waals surface area contributed by atoms with Crippen molar-refractivity contribution in [2.24, 2.45) is 5.92 Å². The predicted octanol–water partition coefficient (Wildman–Crippen LogP) is 10.3. The number of hydrogen-bond donors (Lipinski definition) is 1. The van der Waals surface area contributed by atoms with Crippen LogP contribution in [0.1, 0.15) is 88.7 Å². The molecule has 12 heteroatoms. The second-order valence-electron chi connectivity index (χ2n) is 15.9. The summed E-state index contributed by atoms with van der Waals surface area (Å²) in [6.07, 6.45) is 12.6. The fourth-order valence-corrected chi connectivity index (χ4v) is 8.59. The van der Waals surface area contributed by atoms with Crippen LogP contribution in [-0.2, 0) is 37.0 Å². The number of nitrogens with zero attached hydrogens (tertiary/aromatic N) is 2. The van der Waals surface area contributed by atoms with Crippen LogP contribution >= 0.6 is 11.3 Å². The Morgan fingerprint density at radius 1 is 0.885 bits per heavy atom. The van der Waals surface area contributed by atoms with E-state index in [9.17, 15) is 9.59 Å². The first kappa shape index (κ1) is 44.1. The average Bonchev–Trinajstić information content (AvgIpc) is 3.93. The standard InChI is InChI=1S/C49H59N3O8S/c1-3-5-6-11-26-57-48(54)15-9-10-24-52(49-51-42-13-7-8-14-46(42)61-49)50-32-39-31-41(21-23-43(39)60-47(53)4-2)58-34-35-16-18-38-30-40(20-19-37(38)28-35)56-27-12-25-55-33-36-17-22-44-45(29-36)59-44/h4,7-8,13-14,16,18-21,23,28,30-31,36,44-45,50H,2-3,5-6,9-12,15,17,22,24-27,29,32-34H2,1H3. The SMILES string of the molecule is C=CC(=O)Oc1ccc(OCc2ccc3cc(OCCCOCC4CCC5OC5C4)ccc3c2)cc1CNN(CCCCC(=O)OCCCCCC)c1nc2ccccc2s1. The number of carbonyl (C=O) groups is 2. The third kappa shape index (κ3) is 13.5. The number of nitrogens with one attached hydrogen (secondary N) is 1. The van der Waals surface area contributed by atoms with E-state index in [1.54, 1.807) is 23.5 Å². The minimum absolute atomic E-state index is 0.158. The van der Waals surface area contributed by atoms with Crippen LogP contribution in [0.4, 0.5) is 5.13 Å². The van der Waals surface area contributed by atoms with Gasteiger partial charge in [-0.2, -0.15) is 0 Å². The molecule has 61 heavy (non-hydrogen) atoms. The number of anilines is 1. The zero-order chi connectivity index (χ0) is 42.2. The van der Waals surface area contributed by atoms with Crippen LogP contribution < -0.4 is 24.6 Å². The first-order valence-electron chi connectivity index (χ1n) is 21.9. The lowest BCUT2D eigenvalue weighted by Crippen LogP contribution is -2.38. The molecule has 3 atom stereocenters. The number of esters is 2. The van der Waals surface area contributed by atoms with Gasteiger partial charge in [-0.1, -0.05) is 74.4 Å². The van der Waals surface area contributed by atoms with E-state index < -0.39 is 5.97 Å². The van der Waals surface area contributed by atoms with E-state index in [0.29, 0.717) is 82.0 Å². The van der Waals surface area contributed by atoms with Crippen LogP contribution in [0.15, 0.2) is 91.5 Å². The molecule has 2 aliphatic rings. The van der Waals surface area contributed by atoms with Crippen molar-refractivity contribution in [2.45, 2.75) is 103 Å². The van der Waals surface area contributed by atoms with Gasteiger partial charge in [-0.05, 0) is 109 Å². The van der Waals surface area contributed by atoms with E-state index in [-0.39, 0.29) is 5.97 Å². The summed E-state index contributed by atoms with van der Waals surface area (Å²) < 4.78 is 36.1. The third-order valence-electron chi connectivity index (χ3n) is 11.1. The van der Waals surface area contributed by atoms with Crippen molar-refractivity contribution >= 4 is 49.4 Å². The maximum atomic E-state index is 12.4. The summed E-state index contributed by atoms with van der Waals surface area (Å²) in [5.74, 6) is 1.79. The average molecular weight is 850 g/mol. The van der Waals surface area contributed by atoms with Crippen LogP contribution in [0.25, 0.3) is 21.0 Å². The molecule has 1 aliphatic carbocycles. The zero-order valence-electron chi connectivity index (χ0n) is 35.3. The molecular formula is C49H59N3O8S. The minimum atomic E-state index is -0.550. The van der Waals surface area contributed by atoms with Crippen molar-refractivity contribution < 1.29 is 38.0 Å². The number of hydrogen-bond acceptors (Lipinski definition) is 12. The van der Waals surface area contributed by atoms with Crippen LogP contribution in [0.2, 0.25) is 0 Å². The summed E-state index contributed by atoms with van der Waals surface area (Å²) in [5, 5.41) is 4.99. The fraction of sp³-hybridized carbons (Fsp3) is 0.449. The number of para-hydroxylation sites is 1. The summed E-state index contributed by atoms with van der Waals surface area (Å²) in [7, 11) is 0. The summed E-state index contributed by atoms with van der Waals surface area (Å²) in [4.78, 5) is 29.6. The van der Waals surface area contributed by atoms with E-state index in [1.165, 1.54) is 12.8 Å². The number of aromatic nitrogens is 1. The molecule has 4 aromatic carbocycles. The Labute approximate surface area is 363 Å². The Kier molecular flexibility index (Phi) is 16.4. The predicted molar refractivity (Wildman–Crippen MR) is 240 cm³/mol. The molecule has 3 unspecified atom stereocenters. The third-order valence-corrected chi connectivity index (χ3v) is 12.2. The van der Waals surface area contributed by atoms with Gasteiger partial charge in [-0.15, -0.1) is 0 Å². The maximum absolute atomic E-state index is 12.4. The molecule has 2 heterocycles. The molecule has 1 saturated heterocycles. The number of ether oxygens (including phenoxy) is 6. The number of epoxide rings is 1. The molecule has 0 spiro atoms. The lowest BCUT2D eigenvalue weighted by Gasteiger charge is -2.23. The van der Waals surface area contributed by atoms with Crippen molar-refractivity contribution in [2.75, 3.05) is 38.0 Å². The Morgan fingerprint density at radius 3 is 2.61 bits per heavy atom. The van der Waals surface area contributed by atoms with Gasteiger partial charge in [0.2, 0.25) is 5.13 Å². The number of rotatable bonds is 26. The van der Waals surface area contributed by atoms with E-state index in [4.69, 9.17) is 33.4 Å². The molecule has 324 valence electrons. The van der Waals surface area contributed by atoms with Crippen molar-refractivity contribution in [1.29, 1.82) is 0 Å². The molecule has 11 nitrogen and oxygen atoms in total. The summed E-state index contributed by atoms with van der Waals surface area (Å²) in [5.41, 5.74) is 6.17. The Hall–Kier alpha value is -5.01. The monoisotopic (exact) mass is 849 g/mol. The zero-order valence-corrected chi connectivity index (χ0v) is 36.1. The number of benzene rings is 4. The van der Waals surface area contributed by atoms with E-state index in [1.807, 2.05) is 35.3 Å². The van der Waals surface area contributed by atoms with Gasteiger partial charge < -0.3 is 28.4 Å². The molecule has 1 aliphatic heterocycles. The van der Waals surface area contributed by atoms with Crippen LogP contribution in [0.5, 0.6) is 17.2 Å². The highest BCUT2D eigenvalue weighted by Crippen LogP contribution is 2.39. The van der Waals surface area contributed by atoms with Gasteiger partial charge in [0.1, 0.15) is 23.9 Å². The molecule has 0 amide bonds. The van der Waals surface area contributed by atoms with Gasteiger partial charge in [-0.25, -0.2) is 15.2 Å². The molecule has 7 rings (SSSR count). The summed E-state index contributed by atoms with van der Waals surface area (Å²) in [6, 6.07) is 25.9. The molecule has 0 radical (unpaired) electrons. The lowest BCUT2D eigenvalue weighted by molar-refractivity contribution is -0.143. The quantitative estimate of drug-likeness (QED) is 0.0143. The normalized spacial score (nSPS) is 16.8. The highest BCUT2D eigenvalue weighted by atomic mass is 32.1. The molecular weight excluding hydrogens is 791 g/mol. The molecule has 2 fully saturated rings. The van der Waals surface area contributed by atoms with E-state index >= 15 is 0 Å². The first-order valence-corrected chi connectivity index (χ1v) is 22.8. The number of hydrazine groups is 1. The van der Waals surface area contributed by atoms with Crippen LogP contribution in [0, 0.1) is 5.92 Å². The van der Waals surface area contributed by atoms with Crippen LogP contribution in [0.3, 0.4) is 0 Å². The number of fused-ring (bicyclic) bond motifs is 3. The van der Waals surface area contributed by atoms with Crippen molar-refractivity contribution in [3.05, 3.63) is 103 Å². The fourth-order valence-electron chi connectivity index (χ4n) is 7.62. The van der Waals surface area contributed by atoms with Gasteiger partial charge in [0.25, 0.3) is 0 Å². The largest absolute Gasteiger partial charge is 0.493 e.